The van der Waals surface area contributed by atoms with Gasteiger partial charge in [0.25, 0.3) is 0 Å². The summed E-state index contributed by atoms with van der Waals surface area (Å²) in [5, 5.41) is 7.58. The molecule has 0 radical (unpaired) electrons. The van der Waals surface area contributed by atoms with Gasteiger partial charge in [-0.25, -0.2) is 0 Å². The Morgan fingerprint density at radius 2 is 0.819 bits per heavy atom. The van der Waals surface area contributed by atoms with E-state index in [0.717, 1.165) is 38.8 Å². The van der Waals surface area contributed by atoms with E-state index in [-0.39, 0.29) is 0 Å². The number of fused-ring (bicyclic) bond motifs is 6. The molecule has 6 heteroatoms. The van der Waals surface area contributed by atoms with Gasteiger partial charge in [0.1, 0.15) is 0 Å². The third kappa shape index (κ3) is 12.9. The van der Waals surface area contributed by atoms with Crippen LogP contribution in [0.2, 0.25) is 0 Å². The summed E-state index contributed by atoms with van der Waals surface area (Å²) < 4.78 is 0. The van der Waals surface area contributed by atoms with Crippen molar-refractivity contribution in [2.24, 2.45) is 0 Å². The normalized spacial score (nSPS) is 10.5. The molecule has 6 aromatic carbocycles. The molecule has 0 fully saturated rings. The van der Waals surface area contributed by atoms with Crippen molar-refractivity contribution in [1.82, 2.24) is 29.9 Å². The minimum Gasteiger partial charge on any atom is -0.256 e. The highest BCUT2D eigenvalue weighted by Gasteiger charge is 2.03. The average molecular weight is 943 g/mol. The molecule has 0 atom stereocenters. The van der Waals surface area contributed by atoms with E-state index in [2.05, 4.69) is 215 Å². The molecule has 6 nitrogen and oxygen atoms in total. The lowest BCUT2D eigenvalue weighted by molar-refractivity contribution is 1.25. The zero-order chi connectivity index (χ0) is 51.3. The van der Waals surface area contributed by atoms with E-state index in [1.807, 2.05) is 80.4 Å². The van der Waals surface area contributed by atoms with Crippen LogP contribution in [0.15, 0.2) is 183 Å². The van der Waals surface area contributed by atoms with E-state index in [1.165, 1.54) is 93.5 Å². The molecule has 6 aromatic heterocycles. The molecule has 0 aliphatic rings. The van der Waals surface area contributed by atoms with Crippen LogP contribution in [-0.4, -0.2) is 29.9 Å². The minimum atomic E-state index is 1.08. The van der Waals surface area contributed by atoms with Gasteiger partial charge in [0, 0.05) is 69.0 Å². The van der Waals surface area contributed by atoms with Gasteiger partial charge in [-0.05, 0) is 211 Å². The van der Waals surface area contributed by atoms with E-state index in [0.29, 0.717) is 0 Å². The Morgan fingerprint density at radius 1 is 0.278 bits per heavy atom. The predicted octanol–water partition coefficient (Wildman–Crippen LogP) is 17.1. The topological polar surface area (TPSA) is 77.3 Å². The first-order valence-electron chi connectivity index (χ1n) is 24.6. The van der Waals surface area contributed by atoms with Gasteiger partial charge in [-0.3, -0.25) is 29.9 Å². The second-order valence-electron chi connectivity index (χ2n) is 18.7. The van der Waals surface area contributed by atoms with Crippen molar-refractivity contribution >= 4 is 65.4 Å². The summed E-state index contributed by atoms with van der Waals surface area (Å²) in [7, 11) is 0. The first-order valence-corrected chi connectivity index (χ1v) is 24.6. The molecule has 0 saturated carbocycles. The molecule has 0 unspecified atom stereocenters. The zero-order valence-corrected chi connectivity index (χ0v) is 44.0. The highest BCUT2D eigenvalue weighted by Crippen LogP contribution is 2.23. The van der Waals surface area contributed by atoms with Gasteiger partial charge in [-0.2, -0.15) is 0 Å². The summed E-state index contributed by atoms with van der Waals surface area (Å²) in [6.07, 6.45) is 9.27. The minimum absolute atomic E-state index is 1.08. The molecule has 0 amide bonds. The summed E-state index contributed by atoms with van der Waals surface area (Å²) in [6, 6.07) is 52.1. The van der Waals surface area contributed by atoms with Crippen molar-refractivity contribution < 1.29 is 0 Å². The lowest BCUT2D eigenvalue weighted by Gasteiger charge is -2.03. The summed E-state index contributed by atoms with van der Waals surface area (Å²) in [6.45, 7) is 25.2. The smallest absolute Gasteiger partial charge is 0.0733 e. The van der Waals surface area contributed by atoms with Crippen molar-refractivity contribution in [2.75, 3.05) is 0 Å². The molecule has 0 spiro atoms. The van der Waals surface area contributed by atoms with Crippen molar-refractivity contribution in [3.8, 4) is 0 Å². The lowest BCUT2D eigenvalue weighted by Crippen LogP contribution is -1.84. The Kier molecular flexibility index (Phi) is 17.3. The van der Waals surface area contributed by atoms with Gasteiger partial charge in [-0.15, -0.1) is 0 Å². The molecular formula is C66H66N6. The lowest BCUT2D eigenvalue weighted by atomic mass is 10.0. The van der Waals surface area contributed by atoms with Gasteiger partial charge in [0.2, 0.25) is 0 Å². The summed E-state index contributed by atoms with van der Waals surface area (Å²) in [4.78, 5) is 26.0. The summed E-state index contributed by atoms with van der Waals surface area (Å²) >= 11 is 0. The molecule has 6 heterocycles. The zero-order valence-electron chi connectivity index (χ0n) is 44.0. The van der Waals surface area contributed by atoms with E-state index < -0.39 is 0 Å². The van der Waals surface area contributed by atoms with Gasteiger partial charge in [-0.1, -0.05) is 84.9 Å². The van der Waals surface area contributed by atoms with E-state index in [1.54, 1.807) is 0 Å². The van der Waals surface area contributed by atoms with Crippen LogP contribution in [-0.2, 0) is 0 Å². The maximum atomic E-state index is 4.44. The second-order valence-corrected chi connectivity index (χ2v) is 18.7. The highest BCUT2D eigenvalue weighted by molar-refractivity contribution is 5.87. The van der Waals surface area contributed by atoms with Crippen molar-refractivity contribution in [3.05, 3.63) is 250 Å². The van der Waals surface area contributed by atoms with E-state index in [9.17, 15) is 0 Å². The first-order chi connectivity index (χ1) is 34.7. The molecule has 0 N–H and O–H groups in total. The number of hydrogen-bond donors (Lipinski definition) is 0. The molecule has 12 aromatic rings. The molecule has 12 rings (SSSR count). The third-order valence-corrected chi connectivity index (χ3v) is 12.9. The summed E-state index contributed by atoms with van der Waals surface area (Å²) in [5.74, 6) is 0. The van der Waals surface area contributed by atoms with Gasteiger partial charge in [0.05, 0.1) is 33.1 Å². The van der Waals surface area contributed by atoms with Gasteiger partial charge >= 0.3 is 0 Å². The molecule has 72 heavy (non-hydrogen) atoms. The largest absolute Gasteiger partial charge is 0.256 e. The maximum absolute atomic E-state index is 4.44. The standard InChI is InChI=1S/6C11H11N/c1-8-5-6-11-10(9(8)2)4-3-7-12-11;1-8-5-6-9(2)11-10(8)4-3-7-12-11;1-8-6-9(2)10-4-3-5-12-11(10)7-8;1-8-6-10-9(2)4-3-5-11(10)12-7-8;1-8-4-3-5-11-10(8)7-6-9(2)12-11;1-8-4-3-5-10-11(8)9(2)6-7-12-10/h6*3-7H,1-2H3. The Morgan fingerprint density at radius 3 is 1.54 bits per heavy atom. The Hall–Kier alpha value is -8.22. The number of hydrogen-bond acceptors (Lipinski definition) is 6. The molecular weight excluding hydrogens is 877 g/mol. The number of aromatic nitrogens is 6. The van der Waals surface area contributed by atoms with E-state index >= 15 is 0 Å². The maximum Gasteiger partial charge on any atom is 0.0733 e. The fourth-order valence-corrected chi connectivity index (χ4v) is 8.81. The Labute approximate surface area is 426 Å². The number of aryl methyl sites for hydroxylation is 12. The highest BCUT2D eigenvalue weighted by atomic mass is 14.7. The quantitative estimate of drug-likeness (QED) is 0.151. The van der Waals surface area contributed by atoms with Crippen LogP contribution in [0.5, 0.6) is 0 Å². The van der Waals surface area contributed by atoms with Gasteiger partial charge < -0.3 is 0 Å². The molecule has 360 valence electrons. The van der Waals surface area contributed by atoms with Crippen LogP contribution >= 0.6 is 0 Å². The van der Waals surface area contributed by atoms with Crippen LogP contribution in [0.25, 0.3) is 65.4 Å². The Balaban J connectivity index is 0.000000127. The number of nitrogens with zero attached hydrogens (tertiary/aromatic N) is 6. The average Bonchev–Trinajstić information content (AvgIpc) is 3.38. The van der Waals surface area contributed by atoms with Crippen molar-refractivity contribution in [1.29, 1.82) is 0 Å². The Bertz CT molecular complexity index is 3670. The monoisotopic (exact) mass is 943 g/mol. The molecule has 0 saturated heterocycles. The van der Waals surface area contributed by atoms with Crippen LogP contribution in [0, 0.1) is 83.1 Å². The molecule has 0 bridgehead atoms. The van der Waals surface area contributed by atoms with Crippen LogP contribution in [0.4, 0.5) is 0 Å². The summed E-state index contributed by atoms with van der Waals surface area (Å²) in [5.41, 5.74) is 21.8. The third-order valence-electron chi connectivity index (χ3n) is 12.9. The first kappa shape index (κ1) is 51.6. The molecule has 0 aliphatic carbocycles. The predicted molar refractivity (Wildman–Crippen MR) is 307 cm³/mol. The second kappa shape index (κ2) is 24.1. The fraction of sp³-hybridized carbons (Fsp3) is 0.182. The number of pyridine rings is 6. The van der Waals surface area contributed by atoms with Crippen LogP contribution in [0.1, 0.15) is 66.9 Å². The number of benzene rings is 6. The number of rotatable bonds is 0. The van der Waals surface area contributed by atoms with Crippen molar-refractivity contribution in [2.45, 2.75) is 83.1 Å². The van der Waals surface area contributed by atoms with Crippen LogP contribution < -0.4 is 0 Å². The van der Waals surface area contributed by atoms with Gasteiger partial charge in [0.15, 0.2) is 0 Å². The van der Waals surface area contributed by atoms with Crippen molar-refractivity contribution in [3.63, 3.8) is 0 Å². The van der Waals surface area contributed by atoms with E-state index in [4.69, 9.17) is 0 Å². The fourth-order valence-electron chi connectivity index (χ4n) is 8.81. The SMILES string of the molecule is Cc1cc(C)c2cccnc2c1.Cc1ccc(C)c2ncccc12.Cc1ccc2c(C)cccc2n1.Cc1ccc2ncccc2c1C.Cc1cccc2nccc(C)c12.Cc1cnc2cccc(C)c2c1. The molecule has 0 aliphatic heterocycles. The van der Waals surface area contributed by atoms with Crippen LogP contribution in [0.3, 0.4) is 0 Å².